The number of hydrogen-bond donors (Lipinski definition) is 1. The van der Waals surface area contributed by atoms with E-state index in [1.54, 1.807) is 0 Å². The third-order valence-electron chi connectivity index (χ3n) is 5.47. The van der Waals surface area contributed by atoms with Gasteiger partial charge in [-0.2, -0.15) is 0 Å². The molecule has 2 aliphatic rings. The smallest absolute Gasteiger partial charge is 0.0252 e. The summed E-state index contributed by atoms with van der Waals surface area (Å²) < 4.78 is 0. The maximum atomic E-state index is 3.87. The van der Waals surface area contributed by atoms with Crippen molar-refractivity contribution >= 4 is 0 Å². The molecule has 118 valence electrons. The number of nitrogens with zero attached hydrogens (tertiary/aromatic N) is 1. The van der Waals surface area contributed by atoms with Crippen LogP contribution < -0.4 is 5.32 Å². The van der Waals surface area contributed by atoms with Gasteiger partial charge in [-0.15, -0.1) is 0 Å². The number of rotatable bonds is 6. The van der Waals surface area contributed by atoms with E-state index >= 15 is 0 Å². The van der Waals surface area contributed by atoms with Crippen molar-refractivity contribution in [1.29, 1.82) is 0 Å². The summed E-state index contributed by atoms with van der Waals surface area (Å²) in [5.41, 5.74) is 0. The number of likely N-dealkylation sites (N-methyl/N-ethyl adjacent to an activating group) is 1. The Morgan fingerprint density at radius 1 is 0.850 bits per heavy atom. The third kappa shape index (κ3) is 4.46. The molecule has 2 atom stereocenters. The van der Waals surface area contributed by atoms with Gasteiger partial charge in [0, 0.05) is 18.1 Å². The SMILES string of the molecule is CCCNC1CCCCCC1N(CC)C1CCCCC1. The molecule has 2 unspecified atom stereocenters. The van der Waals surface area contributed by atoms with E-state index in [4.69, 9.17) is 0 Å². The van der Waals surface area contributed by atoms with E-state index in [9.17, 15) is 0 Å². The zero-order valence-corrected chi connectivity index (χ0v) is 13.9. The minimum absolute atomic E-state index is 0.749. The van der Waals surface area contributed by atoms with Gasteiger partial charge < -0.3 is 5.32 Å². The van der Waals surface area contributed by atoms with Gasteiger partial charge in [0.1, 0.15) is 0 Å². The minimum atomic E-state index is 0.749. The van der Waals surface area contributed by atoms with Crippen LogP contribution in [0.2, 0.25) is 0 Å². The van der Waals surface area contributed by atoms with Crippen molar-refractivity contribution in [2.45, 2.75) is 103 Å². The summed E-state index contributed by atoms with van der Waals surface area (Å²) >= 11 is 0. The van der Waals surface area contributed by atoms with Crippen molar-refractivity contribution in [3.8, 4) is 0 Å². The summed E-state index contributed by atoms with van der Waals surface area (Å²) in [5.74, 6) is 0. The van der Waals surface area contributed by atoms with Crippen LogP contribution in [0.3, 0.4) is 0 Å². The van der Waals surface area contributed by atoms with E-state index in [2.05, 4.69) is 24.1 Å². The molecule has 2 aliphatic carbocycles. The van der Waals surface area contributed by atoms with E-state index < -0.39 is 0 Å². The normalized spacial score (nSPS) is 29.6. The summed E-state index contributed by atoms with van der Waals surface area (Å²) in [7, 11) is 0. The first-order valence-corrected chi connectivity index (χ1v) is 9.36. The molecular formula is C18H36N2. The van der Waals surface area contributed by atoms with Gasteiger partial charge in [0.15, 0.2) is 0 Å². The molecule has 0 aromatic heterocycles. The molecule has 0 heterocycles. The van der Waals surface area contributed by atoms with Gasteiger partial charge in [0.05, 0.1) is 0 Å². The largest absolute Gasteiger partial charge is 0.312 e. The average Bonchev–Trinajstić information content (AvgIpc) is 2.73. The highest BCUT2D eigenvalue weighted by Gasteiger charge is 2.32. The fourth-order valence-electron chi connectivity index (χ4n) is 4.43. The maximum Gasteiger partial charge on any atom is 0.0252 e. The Morgan fingerprint density at radius 2 is 1.50 bits per heavy atom. The van der Waals surface area contributed by atoms with Crippen LogP contribution in [0.4, 0.5) is 0 Å². The van der Waals surface area contributed by atoms with Gasteiger partial charge in [-0.25, -0.2) is 0 Å². The monoisotopic (exact) mass is 280 g/mol. The van der Waals surface area contributed by atoms with Gasteiger partial charge in [-0.3, -0.25) is 4.90 Å². The van der Waals surface area contributed by atoms with Crippen LogP contribution in [0.5, 0.6) is 0 Å². The van der Waals surface area contributed by atoms with Gasteiger partial charge in [-0.05, 0) is 45.2 Å². The molecule has 20 heavy (non-hydrogen) atoms. The van der Waals surface area contributed by atoms with E-state index in [1.807, 2.05) is 0 Å². The van der Waals surface area contributed by atoms with Crippen LogP contribution in [-0.4, -0.2) is 36.1 Å². The molecule has 2 nitrogen and oxygen atoms in total. The molecular weight excluding hydrogens is 244 g/mol. The fraction of sp³-hybridized carbons (Fsp3) is 1.00. The van der Waals surface area contributed by atoms with Crippen LogP contribution in [0, 0.1) is 0 Å². The Labute approximate surface area is 126 Å². The molecule has 0 radical (unpaired) electrons. The van der Waals surface area contributed by atoms with Crippen LogP contribution in [0.25, 0.3) is 0 Å². The Bertz CT molecular complexity index is 248. The average molecular weight is 280 g/mol. The predicted octanol–water partition coefficient (Wildman–Crippen LogP) is 4.34. The number of hydrogen-bond acceptors (Lipinski definition) is 2. The Kier molecular flexibility index (Phi) is 7.37. The lowest BCUT2D eigenvalue weighted by molar-refractivity contribution is 0.0814. The molecule has 2 heteroatoms. The summed E-state index contributed by atoms with van der Waals surface area (Å²) in [6.07, 6.45) is 15.7. The quantitative estimate of drug-likeness (QED) is 0.728. The van der Waals surface area contributed by atoms with Crippen molar-refractivity contribution in [3.05, 3.63) is 0 Å². The van der Waals surface area contributed by atoms with Crippen LogP contribution >= 0.6 is 0 Å². The summed E-state index contributed by atoms with van der Waals surface area (Å²) in [4.78, 5) is 2.89. The molecule has 0 aromatic rings. The topological polar surface area (TPSA) is 15.3 Å². The lowest BCUT2D eigenvalue weighted by Gasteiger charge is -2.42. The first-order valence-electron chi connectivity index (χ1n) is 9.36. The van der Waals surface area contributed by atoms with E-state index in [0.717, 1.165) is 18.1 Å². The highest BCUT2D eigenvalue weighted by atomic mass is 15.2. The first-order chi connectivity index (χ1) is 9.86. The highest BCUT2D eigenvalue weighted by molar-refractivity contribution is 4.90. The second kappa shape index (κ2) is 9.04. The Hall–Kier alpha value is -0.0800. The first kappa shape index (κ1) is 16.3. The van der Waals surface area contributed by atoms with Crippen molar-refractivity contribution in [3.63, 3.8) is 0 Å². The molecule has 0 amide bonds. The van der Waals surface area contributed by atoms with Crippen LogP contribution in [0.1, 0.15) is 84.5 Å². The van der Waals surface area contributed by atoms with Gasteiger partial charge in [-0.1, -0.05) is 52.4 Å². The molecule has 0 spiro atoms. The second-order valence-electron chi connectivity index (χ2n) is 6.89. The van der Waals surface area contributed by atoms with Crippen molar-refractivity contribution < 1.29 is 0 Å². The van der Waals surface area contributed by atoms with Crippen LogP contribution in [0.15, 0.2) is 0 Å². The second-order valence-corrected chi connectivity index (χ2v) is 6.89. The molecule has 0 saturated heterocycles. The van der Waals surface area contributed by atoms with E-state index in [0.29, 0.717) is 0 Å². The molecule has 2 fully saturated rings. The van der Waals surface area contributed by atoms with Gasteiger partial charge in [0.25, 0.3) is 0 Å². The summed E-state index contributed by atoms with van der Waals surface area (Å²) in [6.45, 7) is 7.12. The lowest BCUT2D eigenvalue weighted by Crippen LogP contribution is -2.53. The lowest BCUT2D eigenvalue weighted by atomic mass is 9.90. The highest BCUT2D eigenvalue weighted by Crippen LogP contribution is 2.29. The fourth-order valence-corrected chi connectivity index (χ4v) is 4.43. The molecule has 2 saturated carbocycles. The molecule has 0 bridgehead atoms. The predicted molar refractivity (Wildman–Crippen MR) is 88.2 cm³/mol. The minimum Gasteiger partial charge on any atom is -0.312 e. The standard InChI is InChI=1S/C18H36N2/c1-3-15-19-17-13-9-6-10-14-18(17)20(4-2)16-11-7-5-8-12-16/h16-19H,3-15H2,1-2H3. The van der Waals surface area contributed by atoms with Crippen molar-refractivity contribution in [2.24, 2.45) is 0 Å². The molecule has 1 N–H and O–H groups in total. The zero-order valence-electron chi connectivity index (χ0n) is 13.9. The molecule has 0 aliphatic heterocycles. The maximum absolute atomic E-state index is 3.87. The summed E-state index contributed by atoms with van der Waals surface area (Å²) in [5, 5.41) is 3.87. The third-order valence-corrected chi connectivity index (χ3v) is 5.47. The zero-order chi connectivity index (χ0) is 14.2. The summed E-state index contributed by atoms with van der Waals surface area (Å²) in [6, 6.07) is 2.43. The van der Waals surface area contributed by atoms with Gasteiger partial charge in [0.2, 0.25) is 0 Å². The van der Waals surface area contributed by atoms with E-state index in [-0.39, 0.29) is 0 Å². The van der Waals surface area contributed by atoms with Crippen molar-refractivity contribution in [2.75, 3.05) is 13.1 Å². The van der Waals surface area contributed by atoms with Crippen LogP contribution in [-0.2, 0) is 0 Å². The Balaban J connectivity index is 2.01. The number of nitrogens with one attached hydrogen (secondary N) is 1. The molecule has 0 aromatic carbocycles. The van der Waals surface area contributed by atoms with Crippen molar-refractivity contribution in [1.82, 2.24) is 10.2 Å². The van der Waals surface area contributed by atoms with E-state index in [1.165, 1.54) is 83.7 Å². The Morgan fingerprint density at radius 3 is 2.15 bits per heavy atom. The van der Waals surface area contributed by atoms with Gasteiger partial charge >= 0.3 is 0 Å². The molecule has 2 rings (SSSR count).